The molecule has 132 valence electrons. The van der Waals surface area contributed by atoms with Crippen molar-refractivity contribution in [2.24, 2.45) is 10.9 Å². The van der Waals surface area contributed by atoms with Crippen molar-refractivity contribution in [2.75, 3.05) is 33.4 Å². The number of nitrogens with one attached hydrogen (secondary N) is 2. The number of rotatable bonds is 10. The lowest BCUT2D eigenvalue weighted by molar-refractivity contribution is 0.123. The third-order valence-corrected chi connectivity index (χ3v) is 4.58. The molecule has 1 aliphatic rings. The number of thiazole rings is 1. The SMILES string of the molecule is CN=C(NCCCOCC1CC1)NCCCc1nc(C)cs1.I. The molecule has 2 rings (SSSR count). The van der Waals surface area contributed by atoms with Gasteiger partial charge in [0.25, 0.3) is 0 Å². The van der Waals surface area contributed by atoms with Crippen LogP contribution in [0.2, 0.25) is 0 Å². The number of guanidine groups is 1. The molecule has 0 saturated heterocycles. The second-order valence-corrected chi connectivity index (χ2v) is 6.73. The summed E-state index contributed by atoms with van der Waals surface area (Å²) in [5, 5.41) is 9.99. The van der Waals surface area contributed by atoms with Gasteiger partial charge in [-0.1, -0.05) is 0 Å². The summed E-state index contributed by atoms with van der Waals surface area (Å²) < 4.78 is 5.62. The Morgan fingerprint density at radius 1 is 1.35 bits per heavy atom. The third kappa shape index (κ3) is 9.46. The first kappa shape index (κ1) is 20.6. The van der Waals surface area contributed by atoms with Crippen LogP contribution < -0.4 is 10.6 Å². The van der Waals surface area contributed by atoms with E-state index in [0.29, 0.717) is 0 Å². The second kappa shape index (κ2) is 12.0. The van der Waals surface area contributed by atoms with Crippen LogP contribution in [0.15, 0.2) is 10.4 Å². The predicted octanol–water partition coefficient (Wildman–Crippen LogP) is 2.98. The Bertz CT molecular complexity index is 463. The molecule has 1 heterocycles. The minimum atomic E-state index is 0. The van der Waals surface area contributed by atoms with Crippen LogP contribution in [0.1, 0.15) is 36.4 Å². The Labute approximate surface area is 160 Å². The molecule has 1 fully saturated rings. The standard InChI is InChI=1S/C16H28N4OS.HI/c1-13-12-22-15(20-13)5-3-8-18-16(17-2)19-9-4-10-21-11-14-6-7-14;/h12,14H,3-11H2,1-2H3,(H2,17,18,19);1H. The molecule has 0 unspecified atom stereocenters. The number of aryl methyl sites for hydroxylation is 2. The number of aliphatic imine (C=N–C) groups is 1. The summed E-state index contributed by atoms with van der Waals surface area (Å²) in [6.45, 7) is 5.64. The summed E-state index contributed by atoms with van der Waals surface area (Å²) in [5.74, 6) is 1.72. The first-order valence-electron chi connectivity index (χ1n) is 8.21. The van der Waals surface area contributed by atoms with E-state index in [9.17, 15) is 0 Å². The quantitative estimate of drug-likeness (QED) is 0.248. The summed E-state index contributed by atoms with van der Waals surface area (Å²) in [6.07, 6.45) is 5.83. The normalized spacial score (nSPS) is 14.4. The number of nitrogens with zero attached hydrogens (tertiary/aromatic N) is 2. The Kier molecular flexibility index (Phi) is 10.8. The van der Waals surface area contributed by atoms with Gasteiger partial charge in [0.05, 0.1) is 5.01 Å². The van der Waals surface area contributed by atoms with E-state index in [4.69, 9.17) is 4.74 Å². The third-order valence-electron chi connectivity index (χ3n) is 3.56. The van der Waals surface area contributed by atoms with Crippen LogP contribution in [-0.2, 0) is 11.2 Å². The zero-order valence-corrected chi connectivity index (χ0v) is 17.3. The van der Waals surface area contributed by atoms with Crippen molar-refractivity contribution in [3.8, 4) is 0 Å². The summed E-state index contributed by atoms with van der Waals surface area (Å²) in [6, 6.07) is 0. The van der Waals surface area contributed by atoms with Gasteiger partial charge < -0.3 is 15.4 Å². The zero-order valence-electron chi connectivity index (χ0n) is 14.1. The van der Waals surface area contributed by atoms with Crippen molar-refractivity contribution in [2.45, 2.75) is 39.0 Å². The Morgan fingerprint density at radius 3 is 2.70 bits per heavy atom. The molecular weight excluding hydrogens is 423 g/mol. The fraction of sp³-hybridized carbons (Fsp3) is 0.750. The van der Waals surface area contributed by atoms with Gasteiger partial charge in [-0.3, -0.25) is 4.99 Å². The van der Waals surface area contributed by atoms with Crippen LogP contribution in [0.3, 0.4) is 0 Å². The first-order chi connectivity index (χ1) is 10.8. The van der Waals surface area contributed by atoms with Crippen molar-refractivity contribution in [1.29, 1.82) is 0 Å². The van der Waals surface area contributed by atoms with Crippen LogP contribution in [0.5, 0.6) is 0 Å². The first-order valence-corrected chi connectivity index (χ1v) is 9.09. The Morgan fingerprint density at radius 2 is 2.09 bits per heavy atom. The maximum Gasteiger partial charge on any atom is 0.190 e. The average Bonchev–Trinajstić information content (AvgIpc) is 3.25. The molecule has 1 saturated carbocycles. The molecule has 0 amide bonds. The van der Waals surface area contributed by atoms with Crippen LogP contribution in [0.25, 0.3) is 0 Å². The van der Waals surface area contributed by atoms with E-state index in [1.807, 2.05) is 14.0 Å². The molecule has 0 radical (unpaired) electrons. The van der Waals surface area contributed by atoms with Crippen molar-refractivity contribution >= 4 is 41.3 Å². The molecule has 5 nitrogen and oxygen atoms in total. The summed E-state index contributed by atoms with van der Waals surface area (Å²) in [5.41, 5.74) is 1.12. The molecule has 0 aliphatic heterocycles. The van der Waals surface area contributed by atoms with Gasteiger partial charge in [-0.05, 0) is 38.5 Å². The maximum absolute atomic E-state index is 5.62. The number of aromatic nitrogens is 1. The van der Waals surface area contributed by atoms with E-state index in [1.54, 1.807) is 11.3 Å². The highest BCUT2D eigenvalue weighted by Crippen LogP contribution is 2.28. The van der Waals surface area contributed by atoms with Crippen molar-refractivity contribution in [3.63, 3.8) is 0 Å². The molecule has 2 N–H and O–H groups in total. The molecule has 0 aromatic carbocycles. The topological polar surface area (TPSA) is 58.5 Å². The molecule has 1 aliphatic carbocycles. The molecular formula is C16H29IN4OS. The van der Waals surface area contributed by atoms with Crippen molar-refractivity contribution < 1.29 is 4.74 Å². The maximum atomic E-state index is 5.62. The number of hydrogen-bond acceptors (Lipinski definition) is 4. The van der Waals surface area contributed by atoms with Gasteiger partial charge in [-0.2, -0.15) is 0 Å². The van der Waals surface area contributed by atoms with Gasteiger partial charge in [-0.15, -0.1) is 35.3 Å². The molecule has 1 aromatic heterocycles. The van der Waals surface area contributed by atoms with Gasteiger partial charge >= 0.3 is 0 Å². The Hall–Kier alpha value is -0.410. The van der Waals surface area contributed by atoms with Crippen molar-refractivity contribution in [1.82, 2.24) is 15.6 Å². The minimum Gasteiger partial charge on any atom is -0.381 e. The van der Waals surface area contributed by atoms with Crippen LogP contribution in [-0.4, -0.2) is 44.3 Å². The summed E-state index contributed by atoms with van der Waals surface area (Å²) in [7, 11) is 1.81. The predicted molar refractivity (Wildman–Crippen MR) is 108 cm³/mol. The smallest absolute Gasteiger partial charge is 0.190 e. The molecule has 0 spiro atoms. The summed E-state index contributed by atoms with van der Waals surface area (Å²) >= 11 is 1.74. The number of ether oxygens (including phenoxy) is 1. The molecule has 7 heteroatoms. The minimum absolute atomic E-state index is 0. The fourth-order valence-corrected chi connectivity index (χ4v) is 2.92. The Balaban J connectivity index is 0.00000264. The van der Waals surface area contributed by atoms with E-state index in [-0.39, 0.29) is 24.0 Å². The van der Waals surface area contributed by atoms with Gasteiger partial charge in [0, 0.05) is 50.8 Å². The van der Waals surface area contributed by atoms with Gasteiger partial charge in [0.1, 0.15) is 0 Å². The van der Waals surface area contributed by atoms with Crippen LogP contribution >= 0.6 is 35.3 Å². The molecule has 0 atom stereocenters. The summed E-state index contributed by atoms with van der Waals surface area (Å²) in [4.78, 5) is 8.71. The largest absolute Gasteiger partial charge is 0.381 e. The van der Waals surface area contributed by atoms with Crippen LogP contribution in [0.4, 0.5) is 0 Å². The molecule has 1 aromatic rings. The van der Waals surface area contributed by atoms with Gasteiger partial charge in [-0.25, -0.2) is 4.98 Å². The van der Waals surface area contributed by atoms with E-state index in [1.165, 1.54) is 17.8 Å². The average molecular weight is 452 g/mol. The fourth-order valence-electron chi connectivity index (χ4n) is 2.10. The highest BCUT2D eigenvalue weighted by atomic mass is 127. The highest BCUT2D eigenvalue weighted by Gasteiger charge is 2.20. The molecule has 0 bridgehead atoms. The van der Waals surface area contributed by atoms with Gasteiger partial charge in [0.2, 0.25) is 0 Å². The lowest BCUT2D eigenvalue weighted by Gasteiger charge is -2.11. The van der Waals surface area contributed by atoms with E-state index >= 15 is 0 Å². The van der Waals surface area contributed by atoms with Gasteiger partial charge in [0.15, 0.2) is 5.96 Å². The highest BCUT2D eigenvalue weighted by molar-refractivity contribution is 14.0. The van der Waals surface area contributed by atoms with Crippen molar-refractivity contribution in [3.05, 3.63) is 16.1 Å². The van der Waals surface area contributed by atoms with E-state index < -0.39 is 0 Å². The van der Waals surface area contributed by atoms with E-state index in [0.717, 1.165) is 63.1 Å². The van der Waals surface area contributed by atoms with Crippen LogP contribution in [0, 0.1) is 12.8 Å². The number of halogens is 1. The van der Waals surface area contributed by atoms with E-state index in [2.05, 4.69) is 26.0 Å². The lowest BCUT2D eigenvalue weighted by atomic mass is 10.3. The monoisotopic (exact) mass is 452 g/mol. The molecule has 23 heavy (non-hydrogen) atoms. The lowest BCUT2D eigenvalue weighted by Crippen LogP contribution is -2.38. The second-order valence-electron chi connectivity index (χ2n) is 5.78. The zero-order chi connectivity index (χ0) is 15.6. The number of hydrogen-bond donors (Lipinski definition) is 2.